The molecule has 2 aromatic rings. The van der Waals surface area contributed by atoms with Gasteiger partial charge in [0, 0.05) is 0 Å². The van der Waals surface area contributed by atoms with Crippen molar-refractivity contribution >= 4 is 5.91 Å². The van der Waals surface area contributed by atoms with E-state index in [9.17, 15) is 4.79 Å². The lowest BCUT2D eigenvalue weighted by molar-refractivity contribution is -0.124. The normalized spacial score (nSPS) is 16.2. The third-order valence-electron chi connectivity index (χ3n) is 4.70. The van der Waals surface area contributed by atoms with E-state index in [2.05, 4.69) is 43.4 Å². The molecule has 4 heteroatoms. The maximum Gasteiger partial charge on any atom is 0.223 e. The van der Waals surface area contributed by atoms with Gasteiger partial charge in [-0.05, 0) is 41.2 Å². The highest BCUT2D eigenvalue weighted by molar-refractivity contribution is 5.76. The fraction of sp³-hybridized carbons (Fsp3) is 0.409. The summed E-state index contributed by atoms with van der Waals surface area (Å²) in [5, 5.41) is 2.92. The van der Waals surface area contributed by atoms with Gasteiger partial charge in [0.2, 0.25) is 5.91 Å². The minimum atomic E-state index is -0.149. The number of fused-ring (bicyclic) bond motifs is 1. The van der Waals surface area contributed by atoms with Gasteiger partial charge < -0.3 is 14.8 Å². The van der Waals surface area contributed by atoms with Crippen molar-refractivity contribution in [2.75, 3.05) is 19.8 Å². The van der Waals surface area contributed by atoms with E-state index in [4.69, 9.17) is 9.47 Å². The number of rotatable bonds is 7. The Bertz CT molecular complexity index is 724. The zero-order chi connectivity index (χ0) is 18.4. The predicted octanol–water partition coefficient (Wildman–Crippen LogP) is 4.01. The Morgan fingerprint density at radius 1 is 1.19 bits per heavy atom. The van der Waals surface area contributed by atoms with E-state index in [-0.39, 0.29) is 12.0 Å². The minimum Gasteiger partial charge on any atom is -0.492 e. The highest BCUT2D eigenvalue weighted by atomic mass is 16.5. The molecule has 4 nitrogen and oxygen atoms in total. The Kier molecular flexibility index (Phi) is 6.29. The first-order valence-electron chi connectivity index (χ1n) is 9.32. The second-order valence-corrected chi connectivity index (χ2v) is 6.93. The van der Waals surface area contributed by atoms with Crippen LogP contribution < -0.4 is 10.1 Å². The molecule has 26 heavy (non-hydrogen) atoms. The van der Waals surface area contributed by atoms with E-state index in [1.54, 1.807) is 0 Å². The zero-order valence-electron chi connectivity index (χ0n) is 15.5. The van der Waals surface area contributed by atoms with Gasteiger partial charge in [0.15, 0.2) is 0 Å². The molecule has 0 bridgehead atoms. The topological polar surface area (TPSA) is 47.6 Å². The lowest BCUT2D eigenvalue weighted by Crippen LogP contribution is -2.30. The van der Waals surface area contributed by atoms with E-state index in [1.807, 2.05) is 24.3 Å². The van der Waals surface area contributed by atoms with Gasteiger partial charge in [-0.3, -0.25) is 4.79 Å². The first-order valence-corrected chi connectivity index (χ1v) is 9.32. The van der Waals surface area contributed by atoms with Crippen LogP contribution in [0.2, 0.25) is 0 Å². The first kappa shape index (κ1) is 18.5. The smallest absolute Gasteiger partial charge is 0.223 e. The van der Waals surface area contributed by atoms with Gasteiger partial charge in [0.05, 0.1) is 25.7 Å². The summed E-state index contributed by atoms with van der Waals surface area (Å²) < 4.78 is 11.5. The summed E-state index contributed by atoms with van der Waals surface area (Å²) >= 11 is 0. The summed E-state index contributed by atoms with van der Waals surface area (Å²) in [4.78, 5) is 12.2. The number of carbonyl (C=O) groups is 1. The minimum absolute atomic E-state index is 0.00883. The molecule has 0 saturated carbocycles. The third kappa shape index (κ3) is 4.85. The average molecular weight is 353 g/mol. The summed E-state index contributed by atoms with van der Waals surface area (Å²) in [6.07, 6.45) is 1.11. The van der Waals surface area contributed by atoms with Gasteiger partial charge in [0.25, 0.3) is 0 Å². The van der Waals surface area contributed by atoms with Crippen LogP contribution in [0.25, 0.3) is 0 Å². The van der Waals surface area contributed by atoms with Crippen molar-refractivity contribution in [1.29, 1.82) is 0 Å². The Labute approximate surface area is 155 Å². The fourth-order valence-corrected chi connectivity index (χ4v) is 3.19. The molecule has 0 spiro atoms. The molecule has 1 aliphatic rings. The third-order valence-corrected chi connectivity index (χ3v) is 4.70. The Morgan fingerprint density at radius 3 is 2.73 bits per heavy atom. The monoisotopic (exact) mass is 353 g/mol. The van der Waals surface area contributed by atoms with Gasteiger partial charge >= 0.3 is 0 Å². The second-order valence-electron chi connectivity index (χ2n) is 6.93. The lowest BCUT2D eigenvalue weighted by atomic mass is 9.96. The van der Waals surface area contributed by atoms with Crippen LogP contribution in [-0.4, -0.2) is 25.7 Å². The Morgan fingerprint density at radius 2 is 1.96 bits per heavy atom. The molecule has 1 unspecified atom stereocenters. The molecule has 138 valence electrons. The van der Waals surface area contributed by atoms with Crippen LogP contribution >= 0.6 is 0 Å². The average Bonchev–Trinajstić information content (AvgIpc) is 2.66. The highest BCUT2D eigenvalue weighted by Gasteiger charge is 2.22. The number of nitrogens with one attached hydrogen (secondary N) is 1. The van der Waals surface area contributed by atoms with Crippen LogP contribution in [0.5, 0.6) is 5.75 Å². The van der Waals surface area contributed by atoms with Crippen molar-refractivity contribution in [3.63, 3.8) is 0 Å². The van der Waals surface area contributed by atoms with Crippen LogP contribution in [0, 0.1) is 0 Å². The molecule has 1 heterocycles. The summed E-state index contributed by atoms with van der Waals surface area (Å²) in [7, 11) is 0. The standard InChI is InChI=1S/C22H27NO3/c1-16(2)17-7-9-19(10-8-17)25-14-12-23-22(24)15-21-20-6-4-3-5-18(20)11-13-26-21/h3-10,16,21H,11-15H2,1-2H3,(H,23,24). The number of hydrogen-bond donors (Lipinski definition) is 1. The van der Waals surface area contributed by atoms with Crippen molar-refractivity contribution in [1.82, 2.24) is 5.32 Å². The van der Waals surface area contributed by atoms with Crippen molar-refractivity contribution in [2.24, 2.45) is 0 Å². The van der Waals surface area contributed by atoms with Crippen LogP contribution in [0.1, 0.15) is 49.0 Å². The summed E-state index contributed by atoms with van der Waals surface area (Å²) in [6.45, 7) is 5.94. The van der Waals surface area contributed by atoms with Gasteiger partial charge in [0.1, 0.15) is 12.4 Å². The maximum atomic E-state index is 12.2. The van der Waals surface area contributed by atoms with Gasteiger partial charge in [-0.25, -0.2) is 0 Å². The van der Waals surface area contributed by atoms with E-state index in [1.165, 1.54) is 11.1 Å². The van der Waals surface area contributed by atoms with E-state index < -0.39 is 0 Å². The Hall–Kier alpha value is -2.33. The molecule has 1 atom stereocenters. The SMILES string of the molecule is CC(C)c1ccc(OCCNC(=O)CC2OCCc3ccccc32)cc1. The maximum absolute atomic E-state index is 12.2. The molecule has 0 saturated heterocycles. The zero-order valence-corrected chi connectivity index (χ0v) is 15.5. The van der Waals surface area contributed by atoms with Crippen molar-refractivity contribution in [2.45, 2.75) is 38.7 Å². The van der Waals surface area contributed by atoms with Crippen LogP contribution in [0.4, 0.5) is 0 Å². The highest BCUT2D eigenvalue weighted by Crippen LogP contribution is 2.29. The number of benzene rings is 2. The summed E-state index contributed by atoms with van der Waals surface area (Å²) in [5.74, 6) is 1.33. The quantitative estimate of drug-likeness (QED) is 0.765. The van der Waals surface area contributed by atoms with E-state index in [0.29, 0.717) is 32.1 Å². The molecular weight excluding hydrogens is 326 g/mol. The second kappa shape index (κ2) is 8.86. The van der Waals surface area contributed by atoms with Crippen LogP contribution in [0.15, 0.2) is 48.5 Å². The molecule has 1 N–H and O–H groups in total. The lowest BCUT2D eigenvalue weighted by Gasteiger charge is -2.25. The van der Waals surface area contributed by atoms with Gasteiger partial charge in [-0.2, -0.15) is 0 Å². The predicted molar refractivity (Wildman–Crippen MR) is 102 cm³/mol. The van der Waals surface area contributed by atoms with E-state index >= 15 is 0 Å². The van der Waals surface area contributed by atoms with Gasteiger partial charge in [-0.1, -0.05) is 50.2 Å². The molecule has 0 radical (unpaired) electrons. The molecule has 3 rings (SSSR count). The fourth-order valence-electron chi connectivity index (χ4n) is 3.19. The van der Waals surface area contributed by atoms with Crippen LogP contribution in [-0.2, 0) is 16.0 Å². The molecular formula is C22H27NO3. The summed E-state index contributed by atoms with van der Waals surface area (Å²) in [6, 6.07) is 16.3. The summed E-state index contributed by atoms with van der Waals surface area (Å²) in [5.41, 5.74) is 3.71. The molecule has 0 aliphatic carbocycles. The van der Waals surface area contributed by atoms with Crippen molar-refractivity contribution in [3.05, 3.63) is 65.2 Å². The van der Waals surface area contributed by atoms with Crippen molar-refractivity contribution in [3.8, 4) is 5.75 Å². The molecule has 0 aromatic heterocycles. The van der Waals surface area contributed by atoms with Gasteiger partial charge in [-0.15, -0.1) is 0 Å². The largest absolute Gasteiger partial charge is 0.492 e. The first-order chi connectivity index (χ1) is 12.6. The number of carbonyl (C=O) groups excluding carboxylic acids is 1. The molecule has 2 aromatic carbocycles. The van der Waals surface area contributed by atoms with Crippen LogP contribution in [0.3, 0.4) is 0 Å². The Balaban J connectivity index is 1.41. The number of hydrogen-bond acceptors (Lipinski definition) is 3. The number of ether oxygens (including phenoxy) is 2. The van der Waals surface area contributed by atoms with E-state index in [0.717, 1.165) is 17.7 Å². The molecule has 0 fully saturated rings. The molecule has 1 aliphatic heterocycles. The molecule has 1 amide bonds. The van der Waals surface area contributed by atoms with Crippen molar-refractivity contribution < 1.29 is 14.3 Å². The number of amides is 1.